The van der Waals surface area contributed by atoms with Gasteiger partial charge in [0.2, 0.25) is 0 Å². The van der Waals surface area contributed by atoms with Gasteiger partial charge in [0.1, 0.15) is 10.0 Å². The van der Waals surface area contributed by atoms with Gasteiger partial charge in [0, 0.05) is 29.1 Å². The number of carbonyl (C=O) groups is 1. The predicted octanol–water partition coefficient (Wildman–Crippen LogP) is 5.04. The van der Waals surface area contributed by atoms with E-state index in [0.717, 1.165) is 45.3 Å². The number of hydrogen-bond acceptors (Lipinski definition) is 8. The van der Waals surface area contributed by atoms with Crippen LogP contribution in [0.15, 0.2) is 53.4 Å². The van der Waals surface area contributed by atoms with E-state index < -0.39 is 15.1 Å². The van der Waals surface area contributed by atoms with Crippen LogP contribution in [0.2, 0.25) is 0 Å². The lowest BCUT2D eigenvalue weighted by Crippen LogP contribution is -2.42. The minimum Gasteiger partial charge on any atom is -0.316 e. The predicted molar refractivity (Wildman–Crippen MR) is 155 cm³/mol. The van der Waals surface area contributed by atoms with Crippen LogP contribution in [0.5, 0.6) is 0 Å². The van der Waals surface area contributed by atoms with Crippen LogP contribution in [0.4, 0.5) is 5.00 Å². The van der Waals surface area contributed by atoms with Crippen LogP contribution in [-0.2, 0) is 22.8 Å². The minimum absolute atomic E-state index is 0.0431. The Morgan fingerprint density at radius 2 is 1.92 bits per heavy atom. The van der Waals surface area contributed by atoms with Crippen LogP contribution in [0.3, 0.4) is 0 Å². The summed E-state index contributed by atoms with van der Waals surface area (Å²) in [5, 5.41) is 7.71. The average molecular weight is 567 g/mol. The van der Waals surface area contributed by atoms with E-state index in [1.54, 1.807) is 46.9 Å². The van der Waals surface area contributed by atoms with Gasteiger partial charge >= 0.3 is 0 Å². The zero-order valence-electron chi connectivity index (χ0n) is 21.4. The van der Waals surface area contributed by atoms with Gasteiger partial charge in [0.15, 0.2) is 9.84 Å². The molecule has 1 amide bonds. The van der Waals surface area contributed by atoms with Crippen molar-refractivity contribution >= 4 is 53.6 Å². The number of aromatic nitrogens is 1. The molecule has 38 heavy (non-hydrogen) atoms. The highest BCUT2D eigenvalue weighted by Crippen LogP contribution is 2.45. The molecule has 2 aliphatic heterocycles. The first-order valence-electron chi connectivity index (χ1n) is 12.9. The molecule has 4 heterocycles. The summed E-state index contributed by atoms with van der Waals surface area (Å²) in [7, 11) is -1.35. The summed E-state index contributed by atoms with van der Waals surface area (Å²) in [4.78, 5) is 22.1. The smallest absolute Gasteiger partial charge is 0.256 e. The molecular weight excluding hydrogens is 537 g/mol. The van der Waals surface area contributed by atoms with Crippen molar-refractivity contribution in [3.63, 3.8) is 0 Å². The van der Waals surface area contributed by atoms with Crippen molar-refractivity contribution in [3.8, 4) is 10.6 Å². The standard InChI is InChI=1S/C28H30N4O3S3/c1-17-15-29-13-11-24(17)38(34,35)19-9-7-18(8-10-19)26(33)31-28-25(20-12-14-32(2)16-23(20)37-28)27-30-21-5-3-4-6-22(21)36-27/h3-10,17,24,29H,11-16H2,1-2H3,(H,31,33). The van der Waals surface area contributed by atoms with Gasteiger partial charge in [0.25, 0.3) is 5.91 Å². The molecule has 0 saturated carbocycles. The molecule has 1 saturated heterocycles. The van der Waals surface area contributed by atoms with E-state index in [9.17, 15) is 13.2 Å². The number of nitrogens with one attached hydrogen (secondary N) is 2. The molecule has 2 aromatic heterocycles. The van der Waals surface area contributed by atoms with E-state index in [2.05, 4.69) is 28.6 Å². The largest absolute Gasteiger partial charge is 0.316 e. The summed E-state index contributed by atoms with van der Waals surface area (Å²) in [6.45, 7) is 5.17. The first-order chi connectivity index (χ1) is 18.3. The third kappa shape index (κ3) is 4.69. The fourth-order valence-electron chi connectivity index (χ4n) is 5.42. The quantitative estimate of drug-likeness (QED) is 0.352. The van der Waals surface area contributed by atoms with Crippen LogP contribution in [0.1, 0.15) is 34.1 Å². The SMILES string of the molecule is CC1CNCCC1S(=O)(=O)c1ccc(C(=O)Nc2sc3c(c2-c2nc4ccccc4s2)CCN(C)C3)cc1. The molecule has 0 aliphatic carbocycles. The number of hydrogen-bond donors (Lipinski definition) is 2. The summed E-state index contributed by atoms with van der Waals surface area (Å²) in [5.74, 6) is -0.208. The molecule has 1 fully saturated rings. The second-order valence-electron chi connectivity index (χ2n) is 10.2. The number of amides is 1. The maximum atomic E-state index is 13.4. The summed E-state index contributed by atoms with van der Waals surface area (Å²) in [6.07, 6.45) is 1.50. The number of thiophene rings is 1. The van der Waals surface area contributed by atoms with Crippen molar-refractivity contribution in [1.82, 2.24) is 15.2 Å². The number of thiazole rings is 1. The highest BCUT2D eigenvalue weighted by atomic mass is 32.2. The molecule has 0 spiro atoms. The van der Waals surface area contributed by atoms with E-state index in [4.69, 9.17) is 4.98 Å². The number of sulfone groups is 1. The molecule has 4 aromatic rings. The number of anilines is 1. The van der Waals surface area contributed by atoms with Gasteiger partial charge in [-0.05, 0) is 80.9 Å². The monoisotopic (exact) mass is 566 g/mol. The first-order valence-corrected chi connectivity index (χ1v) is 16.0. The van der Waals surface area contributed by atoms with Crippen LogP contribution in [-0.4, -0.2) is 56.1 Å². The molecule has 6 rings (SSSR count). The topological polar surface area (TPSA) is 91.4 Å². The zero-order valence-corrected chi connectivity index (χ0v) is 23.8. The summed E-state index contributed by atoms with van der Waals surface area (Å²) in [6, 6.07) is 14.5. The summed E-state index contributed by atoms with van der Waals surface area (Å²) >= 11 is 3.25. The van der Waals surface area contributed by atoms with E-state index in [0.29, 0.717) is 25.1 Å². The van der Waals surface area contributed by atoms with Gasteiger partial charge in [-0.1, -0.05) is 19.1 Å². The van der Waals surface area contributed by atoms with Crippen molar-refractivity contribution in [3.05, 3.63) is 64.5 Å². The molecule has 7 nitrogen and oxygen atoms in total. The number of fused-ring (bicyclic) bond motifs is 2. The Hall–Kier alpha value is -2.63. The maximum Gasteiger partial charge on any atom is 0.256 e. The number of likely N-dealkylation sites (N-methyl/N-ethyl adjacent to an activating group) is 1. The molecule has 0 bridgehead atoms. The third-order valence-corrected chi connectivity index (χ3v) is 12.1. The number of rotatable bonds is 5. The normalized spacial score (nSPS) is 20.4. The molecule has 2 aliphatic rings. The Kier molecular flexibility index (Phi) is 6.86. The average Bonchev–Trinajstić information content (AvgIpc) is 3.49. The molecular formula is C28H30N4O3S3. The Morgan fingerprint density at radius 1 is 1.13 bits per heavy atom. The lowest BCUT2D eigenvalue weighted by molar-refractivity contribution is 0.102. The number of nitrogens with zero attached hydrogens (tertiary/aromatic N) is 2. The van der Waals surface area contributed by atoms with E-state index in [-0.39, 0.29) is 16.7 Å². The summed E-state index contributed by atoms with van der Waals surface area (Å²) in [5.41, 5.74) is 3.67. The van der Waals surface area contributed by atoms with Crippen LogP contribution in [0.25, 0.3) is 20.8 Å². The van der Waals surface area contributed by atoms with E-state index in [1.165, 1.54) is 10.4 Å². The molecule has 2 N–H and O–H groups in total. The first kappa shape index (κ1) is 25.6. The van der Waals surface area contributed by atoms with Gasteiger partial charge in [-0.3, -0.25) is 4.79 Å². The zero-order chi connectivity index (χ0) is 26.4. The van der Waals surface area contributed by atoms with Crippen LogP contribution in [0, 0.1) is 5.92 Å². The van der Waals surface area contributed by atoms with E-state index >= 15 is 0 Å². The van der Waals surface area contributed by atoms with Gasteiger partial charge in [-0.2, -0.15) is 0 Å². The fraction of sp³-hybridized carbons (Fsp3) is 0.357. The van der Waals surface area contributed by atoms with Gasteiger partial charge < -0.3 is 15.5 Å². The Balaban J connectivity index is 1.30. The van der Waals surface area contributed by atoms with Crippen molar-refractivity contribution in [2.24, 2.45) is 5.92 Å². The molecule has 0 radical (unpaired) electrons. The molecule has 2 atom stereocenters. The molecule has 198 valence electrons. The molecule has 2 unspecified atom stereocenters. The highest BCUT2D eigenvalue weighted by Gasteiger charge is 2.34. The van der Waals surface area contributed by atoms with E-state index in [1.807, 2.05) is 25.1 Å². The number of carbonyl (C=O) groups excluding carboxylic acids is 1. The Bertz CT molecular complexity index is 1580. The Labute approximate surface area is 230 Å². The lowest BCUT2D eigenvalue weighted by atomic mass is 10.0. The number of para-hydroxylation sites is 1. The van der Waals surface area contributed by atoms with Gasteiger partial charge in [-0.25, -0.2) is 13.4 Å². The van der Waals surface area contributed by atoms with Crippen molar-refractivity contribution in [2.45, 2.75) is 36.5 Å². The van der Waals surface area contributed by atoms with Crippen LogP contribution < -0.4 is 10.6 Å². The Morgan fingerprint density at radius 3 is 2.68 bits per heavy atom. The second-order valence-corrected chi connectivity index (χ2v) is 14.5. The lowest BCUT2D eigenvalue weighted by Gasteiger charge is -2.29. The van der Waals surface area contributed by atoms with Crippen LogP contribution >= 0.6 is 22.7 Å². The van der Waals surface area contributed by atoms with Crippen molar-refractivity contribution in [2.75, 3.05) is 32.0 Å². The van der Waals surface area contributed by atoms with Gasteiger partial charge in [-0.15, -0.1) is 22.7 Å². The second kappa shape index (κ2) is 10.2. The highest BCUT2D eigenvalue weighted by molar-refractivity contribution is 7.92. The third-order valence-electron chi connectivity index (χ3n) is 7.53. The fourth-order valence-corrected chi connectivity index (χ4v) is 9.86. The van der Waals surface area contributed by atoms with Crippen molar-refractivity contribution < 1.29 is 13.2 Å². The molecule has 2 aromatic carbocycles. The summed E-state index contributed by atoms with van der Waals surface area (Å²) < 4.78 is 27.6. The number of benzene rings is 2. The molecule has 10 heteroatoms. The van der Waals surface area contributed by atoms with Gasteiger partial charge in [0.05, 0.1) is 20.4 Å². The van der Waals surface area contributed by atoms with Crippen molar-refractivity contribution in [1.29, 1.82) is 0 Å². The number of piperidine rings is 1. The maximum absolute atomic E-state index is 13.4. The minimum atomic E-state index is -3.46.